The molecule has 3 aromatic carbocycles. The lowest BCUT2D eigenvalue weighted by Crippen LogP contribution is -2.51. The highest BCUT2D eigenvalue weighted by Crippen LogP contribution is 2.60. The fourth-order valence-electron chi connectivity index (χ4n) is 6.81. The van der Waals surface area contributed by atoms with Crippen LogP contribution in [0.4, 0.5) is 8.78 Å². The molecule has 0 saturated heterocycles. The molecule has 4 aliphatic carbocycles. The van der Waals surface area contributed by atoms with E-state index in [1.54, 1.807) is 0 Å². The van der Waals surface area contributed by atoms with Gasteiger partial charge in [-0.05, 0) is 92.7 Å². The van der Waals surface area contributed by atoms with Crippen LogP contribution in [0.25, 0.3) is 0 Å². The molecule has 212 valence electrons. The van der Waals surface area contributed by atoms with Gasteiger partial charge in [-0.25, -0.2) is 8.42 Å². The molecule has 3 aromatic rings. The lowest BCUT2D eigenvalue weighted by molar-refractivity contribution is -0.176. The molecule has 40 heavy (non-hydrogen) atoms. The molecule has 4 bridgehead atoms. The molecule has 0 unspecified atom stereocenters. The van der Waals surface area contributed by atoms with E-state index in [1.165, 1.54) is 14.7 Å². The maximum atomic E-state index is 13.1. The minimum Gasteiger partial charge on any atom is -0.743 e. The Kier molecular flexibility index (Phi) is 8.36. The molecule has 0 heterocycles. The number of halogens is 2. The largest absolute Gasteiger partial charge is 0.743 e. The van der Waals surface area contributed by atoms with Crippen LogP contribution in [0.1, 0.15) is 38.5 Å². The Labute approximate surface area is 237 Å². The predicted molar refractivity (Wildman–Crippen MR) is 148 cm³/mol. The molecule has 4 saturated carbocycles. The van der Waals surface area contributed by atoms with Gasteiger partial charge in [0.25, 0.3) is 0 Å². The van der Waals surface area contributed by atoms with Gasteiger partial charge in [-0.3, -0.25) is 4.79 Å². The Bertz CT molecular complexity index is 1270. The second-order valence-electron chi connectivity index (χ2n) is 11.1. The summed E-state index contributed by atoms with van der Waals surface area (Å²) in [7, 11) is -5.83. The smallest absolute Gasteiger partial charge is 0.367 e. The first-order valence-electron chi connectivity index (χ1n) is 13.5. The number of ether oxygens (including phenoxy) is 1. The summed E-state index contributed by atoms with van der Waals surface area (Å²) in [6.45, 7) is -1.68. The molecule has 4 fully saturated rings. The second-order valence-corrected chi connectivity index (χ2v) is 14.6. The Morgan fingerprint density at radius 3 is 1.45 bits per heavy atom. The van der Waals surface area contributed by atoms with Crippen molar-refractivity contribution in [2.75, 3.05) is 6.61 Å². The molecular formula is C31H32F2O5S2. The van der Waals surface area contributed by atoms with Crippen LogP contribution < -0.4 is 0 Å². The van der Waals surface area contributed by atoms with Gasteiger partial charge in [0.1, 0.15) is 0 Å². The minimum absolute atomic E-state index is 0.0146. The van der Waals surface area contributed by atoms with Crippen molar-refractivity contribution in [3.63, 3.8) is 0 Å². The first kappa shape index (κ1) is 28.8. The van der Waals surface area contributed by atoms with Crippen LogP contribution in [-0.2, 0) is 30.5 Å². The van der Waals surface area contributed by atoms with Crippen LogP contribution in [0, 0.1) is 23.2 Å². The first-order chi connectivity index (χ1) is 19.1. The summed E-state index contributed by atoms with van der Waals surface area (Å²) in [5.74, 6) is 0.553. The van der Waals surface area contributed by atoms with Crippen LogP contribution in [0.3, 0.4) is 0 Å². The van der Waals surface area contributed by atoms with E-state index in [0.29, 0.717) is 37.0 Å². The number of alkyl halides is 2. The van der Waals surface area contributed by atoms with Gasteiger partial charge in [-0.2, -0.15) is 8.78 Å². The zero-order valence-corrected chi connectivity index (χ0v) is 23.6. The molecule has 0 aromatic heterocycles. The van der Waals surface area contributed by atoms with Crippen molar-refractivity contribution >= 4 is 27.0 Å². The summed E-state index contributed by atoms with van der Waals surface area (Å²) < 4.78 is 62.0. The maximum Gasteiger partial charge on any atom is 0.367 e. The summed E-state index contributed by atoms with van der Waals surface area (Å²) in [5, 5.41) is -4.56. The second kappa shape index (κ2) is 11.6. The van der Waals surface area contributed by atoms with Crippen LogP contribution in [0.15, 0.2) is 106 Å². The summed E-state index contributed by atoms with van der Waals surface area (Å²) in [6.07, 6.45) is 5.14. The van der Waals surface area contributed by atoms with Crippen LogP contribution in [-0.4, -0.2) is 30.8 Å². The standard InChI is InChI=1S/C18H15S.C13H18F2O5S/c1-4-10-16(11-5-1)19(17-12-6-2-7-13-17)18-14-8-3-9-15-18;14-13(15,21(17,18)19)7-20-11(16)12-4-8-1-9(5-12)3-10(2-8)6-12/h1-15H;8-10H,1-7H2,(H,17,18,19)/q+1;/p-1. The number of carbonyl (C=O) groups excluding carboxylic acids is 1. The van der Waals surface area contributed by atoms with Gasteiger partial charge in [-0.1, -0.05) is 54.6 Å². The van der Waals surface area contributed by atoms with Gasteiger partial charge in [0, 0.05) is 0 Å². The van der Waals surface area contributed by atoms with Gasteiger partial charge in [0.2, 0.25) is 0 Å². The zero-order chi connectivity index (χ0) is 28.4. The van der Waals surface area contributed by atoms with Crippen molar-refractivity contribution in [2.45, 2.75) is 58.5 Å². The number of carbonyl (C=O) groups is 1. The van der Waals surface area contributed by atoms with E-state index in [-0.39, 0.29) is 10.9 Å². The summed E-state index contributed by atoms with van der Waals surface area (Å²) in [4.78, 5) is 16.3. The molecule has 0 radical (unpaired) electrons. The normalized spacial score (nSPS) is 25.2. The molecule has 5 nitrogen and oxygen atoms in total. The Hall–Kier alpha value is -2.75. The molecule has 0 amide bonds. The third-order valence-corrected chi connectivity index (χ3v) is 11.2. The van der Waals surface area contributed by atoms with E-state index in [1.807, 2.05) is 0 Å². The van der Waals surface area contributed by atoms with Crippen molar-refractivity contribution in [3.05, 3.63) is 91.0 Å². The van der Waals surface area contributed by atoms with E-state index in [0.717, 1.165) is 19.3 Å². The summed E-state index contributed by atoms with van der Waals surface area (Å²) in [5.41, 5.74) is -0.739. The van der Waals surface area contributed by atoms with Gasteiger partial charge >= 0.3 is 11.2 Å². The maximum absolute atomic E-state index is 13.1. The highest BCUT2D eigenvalue weighted by Gasteiger charge is 2.56. The minimum atomic E-state index is -5.81. The Morgan fingerprint density at radius 2 is 1.12 bits per heavy atom. The third kappa shape index (κ3) is 6.26. The lowest BCUT2D eigenvalue weighted by Gasteiger charge is -2.55. The third-order valence-electron chi connectivity index (χ3n) is 8.15. The lowest BCUT2D eigenvalue weighted by atomic mass is 9.49. The molecule has 0 aliphatic heterocycles. The molecule has 0 spiro atoms. The van der Waals surface area contributed by atoms with E-state index in [4.69, 9.17) is 0 Å². The molecule has 4 aliphatic rings. The summed E-state index contributed by atoms with van der Waals surface area (Å²) >= 11 is 0. The summed E-state index contributed by atoms with van der Waals surface area (Å²) in [6, 6.07) is 32.2. The van der Waals surface area contributed by atoms with Crippen LogP contribution >= 0.6 is 0 Å². The van der Waals surface area contributed by atoms with E-state index < -0.39 is 33.4 Å². The van der Waals surface area contributed by atoms with E-state index >= 15 is 0 Å². The number of hydrogen-bond acceptors (Lipinski definition) is 5. The number of rotatable bonds is 7. The number of hydrogen-bond donors (Lipinski definition) is 0. The van der Waals surface area contributed by atoms with Gasteiger partial charge in [-0.15, -0.1) is 0 Å². The fraction of sp³-hybridized carbons (Fsp3) is 0.387. The molecule has 7 rings (SSSR count). The van der Waals surface area contributed by atoms with Crippen LogP contribution in [0.2, 0.25) is 0 Å². The average molecular weight is 587 g/mol. The Balaban J connectivity index is 0.000000162. The van der Waals surface area contributed by atoms with Crippen molar-refractivity contribution in [2.24, 2.45) is 23.2 Å². The fourth-order valence-corrected chi connectivity index (χ4v) is 9.12. The first-order valence-corrected chi connectivity index (χ1v) is 16.1. The number of esters is 1. The van der Waals surface area contributed by atoms with Gasteiger partial charge in [0.05, 0.1) is 16.3 Å². The average Bonchev–Trinajstić information content (AvgIpc) is 2.93. The molecular weight excluding hydrogens is 554 g/mol. The predicted octanol–water partition coefficient (Wildman–Crippen LogP) is 6.67. The van der Waals surface area contributed by atoms with E-state index in [2.05, 4.69) is 95.7 Å². The van der Waals surface area contributed by atoms with Gasteiger partial charge < -0.3 is 9.29 Å². The van der Waals surface area contributed by atoms with E-state index in [9.17, 15) is 26.5 Å². The number of benzene rings is 3. The SMILES string of the molecule is O=C(OCC(F)(F)S(=O)(=O)[O-])C12CC3CC(CC(C3)C1)C2.c1ccc([S+](c2ccccc2)c2ccccc2)cc1. The topological polar surface area (TPSA) is 83.5 Å². The van der Waals surface area contributed by atoms with Crippen molar-refractivity contribution in [1.82, 2.24) is 0 Å². The van der Waals surface area contributed by atoms with Crippen molar-refractivity contribution < 1.29 is 31.3 Å². The van der Waals surface area contributed by atoms with Gasteiger partial charge in [0.15, 0.2) is 31.4 Å². The highest BCUT2D eigenvalue weighted by atomic mass is 32.2. The highest BCUT2D eigenvalue weighted by molar-refractivity contribution is 7.97. The van der Waals surface area contributed by atoms with Crippen LogP contribution in [0.5, 0.6) is 0 Å². The zero-order valence-electron chi connectivity index (χ0n) is 22.0. The quantitative estimate of drug-likeness (QED) is 0.176. The Morgan fingerprint density at radius 1 is 0.775 bits per heavy atom. The van der Waals surface area contributed by atoms with Crippen molar-refractivity contribution in [1.29, 1.82) is 0 Å². The molecule has 0 atom stereocenters. The molecule has 9 heteroatoms. The van der Waals surface area contributed by atoms with Crippen molar-refractivity contribution in [3.8, 4) is 0 Å². The molecule has 0 N–H and O–H groups in total. The monoisotopic (exact) mass is 586 g/mol.